The van der Waals surface area contributed by atoms with Crippen molar-refractivity contribution >= 4 is 24.2 Å². The smallest absolute Gasteiger partial charge is 0.263 e. The summed E-state index contributed by atoms with van der Waals surface area (Å²) in [5.74, 6) is -0.698. The quantitative estimate of drug-likeness (QED) is 0.539. The molecule has 1 aromatic heterocycles. The highest BCUT2D eigenvalue weighted by Crippen LogP contribution is 2.07. The summed E-state index contributed by atoms with van der Waals surface area (Å²) in [5.41, 5.74) is -0.151. The van der Waals surface area contributed by atoms with E-state index in [9.17, 15) is 9.18 Å². The summed E-state index contributed by atoms with van der Waals surface area (Å²) >= 11 is 0. The van der Waals surface area contributed by atoms with Gasteiger partial charge in [-0.1, -0.05) is 11.5 Å². The van der Waals surface area contributed by atoms with Crippen LogP contribution in [-0.2, 0) is 7.05 Å². The second kappa shape index (κ2) is 2.94. The highest BCUT2D eigenvalue weighted by molar-refractivity contribution is 6.33. The van der Waals surface area contributed by atoms with Crippen LogP contribution in [0.25, 0.3) is 10.9 Å². The molecule has 2 rings (SSSR count). The summed E-state index contributed by atoms with van der Waals surface area (Å²) < 4.78 is 14.7. The van der Waals surface area contributed by atoms with Crippen LogP contribution in [0.5, 0.6) is 0 Å². The maximum atomic E-state index is 13.5. The van der Waals surface area contributed by atoms with Gasteiger partial charge in [-0.2, -0.15) is 0 Å². The fourth-order valence-electron chi connectivity index (χ4n) is 1.27. The zero-order valence-electron chi connectivity index (χ0n) is 7.49. The summed E-state index contributed by atoms with van der Waals surface area (Å²) in [7, 11) is 6.87. The molecule has 0 aliphatic carbocycles. The van der Waals surface area contributed by atoms with E-state index in [2.05, 4.69) is 4.98 Å². The number of aryl methyl sites for hydroxylation is 1. The van der Waals surface area contributed by atoms with Crippen molar-refractivity contribution in [2.75, 3.05) is 0 Å². The van der Waals surface area contributed by atoms with Gasteiger partial charge in [0.1, 0.15) is 19.0 Å². The van der Waals surface area contributed by atoms with E-state index in [-0.39, 0.29) is 10.8 Å². The molecule has 0 fully saturated rings. The lowest BCUT2D eigenvalue weighted by molar-refractivity contribution is 0.644. The molecule has 0 atom stereocenters. The number of benzene rings is 1. The molecule has 5 heteroatoms. The van der Waals surface area contributed by atoms with Gasteiger partial charge in [-0.3, -0.25) is 4.79 Å². The van der Waals surface area contributed by atoms with Crippen LogP contribution in [0.2, 0.25) is 0 Å². The van der Waals surface area contributed by atoms with Gasteiger partial charge in [-0.15, -0.1) is 0 Å². The molecule has 2 aromatic rings. The van der Waals surface area contributed by atoms with Crippen molar-refractivity contribution in [3.8, 4) is 0 Å². The maximum absolute atomic E-state index is 13.5. The Kier molecular flexibility index (Phi) is 1.87. The van der Waals surface area contributed by atoms with Crippen LogP contribution in [0.1, 0.15) is 0 Å². The molecular formula is C9H6BFN2O. The van der Waals surface area contributed by atoms with Crippen molar-refractivity contribution in [2.24, 2.45) is 7.05 Å². The molecule has 1 heterocycles. The van der Waals surface area contributed by atoms with Crippen LogP contribution >= 0.6 is 0 Å². The molecule has 0 aliphatic rings. The highest BCUT2D eigenvalue weighted by atomic mass is 19.1. The largest absolute Gasteiger partial charge is 0.302 e. The Bertz CT molecular complexity index is 559. The predicted octanol–water partition coefficient (Wildman–Crippen LogP) is -0.134. The zero-order chi connectivity index (χ0) is 10.3. The fraction of sp³-hybridized carbons (Fsp3) is 0.111. The van der Waals surface area contributed by atoms with Crippen LogP contribution in [0, 0.1) is 5.82 Å². The van der Waals surface area contributed by atoms with Crippen LogP contribution < -0.4 is 11.0 Å². The van der Waals surface area contributed by atoms with E-state index in [1.807, 2.05) is 0 Å². The summed E-state index contributed by atoms with van der Waals surface area (Å²) in [5, 5.41) is -0.0602. The van der Waals surface area contributed by atoms with Crippen LogP contribution in [0.15, 0.2) is 23.3 Å². The monoisotopic (exact) mass is 188 g/mol. The first-order valence-corrected chi connectivity index (χ1v) is 4.00. The lowest BCUT2D eigenvalue weighted by Crippen LogP contribution is -2.21. The van der Waals surface area contributed by atoms with Crippen molar-refractivity contribution in [1.29, 1.82) is 0 Å². The Hall–Kier alpha value is -1.65. The van der Waals surface area contributed by atoms with Crippen LogP contribution in [0.3, 0.4) is 0 Å². The van der Waals surface area contributed by atoms with E-state index in [0.717, 1.165) is 0 Å². The molecule has 2 radical (unpaired) electrons. The third kappa shape index (κ3) is 1.13. The normalized spacial score (nSPS) is 10.7. The lowest BCUT2D eigenvalue weighted by atomic mass is 9.94. The molecule has 1 aromatic carbocycles. The third-order valence-corrected chi connectivity index (χ3v) is 2.05. The van der Waals surface area contributed by atoms with Gasteiger partial charge in [0, 0.05) is 7.05 Å². The molecule has 0 N–H and O–H groups in total. The molecule has 0 amide bonds. The average molecular weight is 188 g/mol. The average Bonchev–Trinajstić information content (AvgIpc) is 2.17. The number of rotatable bonds is 0. The Balaban J connectivity index is 3.06. The number of nitrogens with zero attached hydrogens (tertiary/aromatic N) is 2. The molecule has 0 bridgehead atoms. The Morgan fingerprint density at radius 3 is 2.93 bits per heavy atom. The lowest BCUT2D eigenvalue weighted by Gasteiger charge is -2.03. The first-order valence-electron chi connectivity index (χ1n) is 4.00. The standard InChI is InChI=1S/C9H6BFN2O/c1-13-4-12-6-3-2-5(10)8(11)7(6)9(13)14/h2-4H,1H3. The molecule has 0 aliphatic heterocycles. The topological polar surface area (TPSA) is 34.9 Å². The highest BCUT2D eigenvalue weighted by Gasteiger charge is 2.08. The minimum Gasteiger partial charge on any atom is -0.302 e. The number of hydrogen-bond donors (Lipinski definition) is 0. The second-order valence-electron chi connectivity index (χ2n) is 3.02. The molecule has 0 saturated heterocycles. The number of halogens is 1. The Labute approximate surface area is 80.6 Å². The van der Waals surface area contributed by atoms with Gasteiger partial charge < -0.3 is 4.57 Å². The molecule has 14 heavy (non-hydrogen) atoms. The Morgan fingerprint density at radius 1 is 1.50 bits per heavy atom. The van der Waals surface area contributed by atoms with Gasteiger partial charge in [0.15, 0.2) is 0 Å². The number of hydrogen-bond acceptors (Lipinski definition) is 2. The van der Waals surface area contributed by atoms with Gasteiger partial charge in [0.05, 0.1) is 11.8 Å². The molecular weight excluding hydrogens is 182 g/mol. The van der Waals surface area contributed by atoms with Crippen molar-refractivity contribution in [1.82, 2.24) is 9.55 Å². The van der Waals surface area contributed by atoms with Gasteiger partial charge >= 0.3 is 0 Å². The number of aromatic nitrogens is 2. The molecule has 3 nitrogen and oxygen atoms in total. The van der Waals surface area contributed by atoms with E-state index >= 15 is 0 Å². The van der Waals surface area contributed by atoms with Gasteiger partial charge in [0.25, 0.3) is 5.56 Å². The first-order chi connectivity index (χ1) is 6.61. The minimum atomic E-state index is -0.698. The molecule has 0 saturated carbocycles. The minimum absolute atomic E-state index is 0.0393. The maximum Gasteiger partial charge on any atom is 0.263 e. The zero-order valence-corrected chi connectivity index (χ0v) is 7.49. The van der Waals surface area contributed by atoms with Crippen molar-refractivity contribution in [2.45, 2.75) is 0 Å². The summed E-state index contributed by atoms with van der Waals surface area (Å²) in [6.45, 7) is 0. The summed E-state index contributed by atoms with van der Waals surface area (Å²) in [6.07, 6.45) is 1.35. The SMILES string of the molecule is [B]c1ccc2ncn(C)c(=O)c2c1F. The van der Waals surface area contributed by atoms with Crippen molar-refractivity contribution in [3.05, 3.63) is 34.6 Å². The van der Waals surface area contributed by atoms with Crippen LogP contribution in [0.4, 0.5) is 4.39 Å². The molecule has 68 valence electrons. The second-order valence-corrected chi connectivity index (χ2v) is 3.02. The van der Waals surface area contributed by atoms with E-state index < -0.39 is 11.4 Å². The van der Waals surface area contributed by atoms with E-state index in [4.69, 9.17) is 7.85 Å². The Morgan fingerprint density at radius 2 is 2.21 bits per heavy atom. The summed E-state index contributed by atoms with van der Waals surface area (Å²) in [4.78, 5) is 15.4. The third-order valence-electron chi connectivity index (χ3n) is 2.05. The predicted molar refractivity (Wildman–Crippen MR) is 52.3 cm³/mol. The van der Waals surface area contributed by atoms with E-state index in [0.29, 0.717) is 5.52 Å². The van der Waals surface area contributed by atoms with Crippen LogP contribution in [-0.4, -0.2) is 17.4 Å². The summed E-state index contributed by atoms with van der Waals surface area (Å²) in [6, 6.07) is 2.92. The number of fused-ring (bicyclic) bond motifs is 1. The van der Waals surface area contributed by atoms with E-state index in [1.54, 1.807) is 0 Å². The van der Waals surface area contributed by atoms with Crippen molar-refractivity contribution in [3.63, 3.8) is 0 Å². The van der Waals surface area contributed by atoms with Crippen molar-refractivity contribution < 1.29 is 4.39 Å². The van der Waals surface area contributed by atoms with Gasteiger partial charge in [0.2, 0.25) is 0 Å². The molecule has 0 spiro atoms. The first kappa shape index (κ1) is 8.93. The van der Waals surface area contributed by atoms with Gasteiger partial charge in [-0.25, -0.2) is 9.37 Å². The van der Waals surface area contributed by atoms with Gasteiger partial charge in [-0.05, 0) is 6.07 Å². The fourth-order valence-corrected chi connectivity index (χ4v) is 1.27. The van der Waals surface area contributed by atoms with E-state index in [1.165, 1.54) is 30.1 Å². The molecule has 0 unspecified atom stereocenters.